The van der Waals surface area contributed by atoms with Crippen molar-refractivity contribution in [2.45, 2.75) is 52.6 Å². The maximum absolute atomic E-state index is 12.2. The highest BCUT2D eigenvalue weighted by molar-refractivity contribution is 5.68. The van der Waals surface area contributed by atoms with Crippen LogP contribution in [0.1, 0.15) is 51.3 Å². The number of ether oxygens (including phenoxy) is 1. The third-order valence-electron chi connectivity index (χ3n) is 3.95. The van der Waals surface area contributed by atoms with Gasteiger partial charge in [-0.1, -0.05) is 6.92 Å². The van der Waals surface area contributed by atoms with Crippen molar-refractivity contribution in [2.24, 2.45) is 5.92 Å². The van der Waals surface area contributed by atoms with Gasteiger partial charge in [0, 0.05) is 19.0 Å². The van der Waals surface area contributed by atoms with Crippen LogP contribution in [0, 0.1) is 12.8 Å². The third kappa shape index (κ3) is 3.87. The molecule has 6 heteroatoms. The van der Waals surface area contributed by atoms with E-state index in [0.717, 1.165) is 17.7 Å². The lowest BCUT2D eigenvalue weighted by atomic mass is 9.83. The lowest BCUT2D eigenvalue weighted by Gasteiger charge is -2.37. The van der Waals surface area contributed by atoms with Crippen molar-refractivity contribution >= 4 is 11.9 Å². The Morgan fingerprint density at radius 1 is 1.41 bits per heavy atom. The monoisotopic (exact) mass is 306 g/mol. The fourth-order valence-electron chi connectivity index (χ4n) is 2.93. The quantitative estimate of drug-likeness (QED) is 0.862. The van der Waals surface area contributed by atoms with Crippen LogP contribution >= 0.6 is 0 Å². The number of nitrogens with two attached hydrogens (primary N) is 1. The van der Waals surface area contributed by atoms with Gasteiger partial charge in [-0.25, -0.2) is 4.79 Å². The van der Waals surface area contributed by atoms with Gasteiger partial charge in [-0.05, 0) is 51.7 Å². The summed E-state index contributed by atoms with van der Waals surface area (Å²) in [5, 5.41) is 8.25. The number of aromatic nitrogens is 2. The Bertz CT molecular complexity index is 554. The largest absolute Gasteiger partial charge is 0.444 e. The molecule has 1 saturated heterocycles. The fraction of sp³-hybridized carbons (Fsp3) is 0.688. The molecule has 1 aliphatic rings. The molecule has 0 aromatic carbocycles. The van der Waals surface area contributed by atoms with E-state index in [0.29, 0.717) is 30.7 Å². The van der Waals surface area contributed by atoms with Gasteiger partial charge in [0.25, 0.3) is 0 Å². The first kappa shape index (κ1) is 16.5. The Balaban J connectivity index is 2.05. The third-order valence-corrected chi connectivity index (χ3v) is 3.95. The second kappa shape index (κ2) is 6.10. The summed E-state index contributed by atoms with van der Waals surface area (Å²) in [5.74, 6) is 1.05. The molecule has 2 heterocycles. The summed E-state index contributed by atoms with van der Waals surface area (Å²) in [6.45, 7) is 11.1. The number of carbonyl (C=O) groups excluding carboxylic acids is 1. The van der Waals surface area contributed by atoms with Crippen LogP contribution < -0.4 is 5.73 Å². The van der Waals surface area contributed by atoms with E-state index in [1.807, 2.05) is 33.8 Å². The minimum absolute atomic E-state index is 0.238. The molecule has 0 bridgehead atoms. The van der Waals surface area contributed by atoms with E-state index in [2.05, 4.69) is 17.1 Å². The number of anilines is 1. The highest BCUT2D eigenvalue weighted by Crippen LogP contribution is 2.33. The van der Waals surface area contributed by atoms with E-state index < -0.39 is 5.60 Å². The number of nitrogens with zero attached hydrogens (tertiary/aromatic N) is 3. The lowest BCUT2D eigenvalue weighted by molar-refractivity contribution is 0.0153. The summed E-state index contributed by atoms with van der Waals surface area (Å²) in [6, 6.07) is 1.86. The number of rotatable bonds is 1. The Labute approximate surface area is 132 Å². The summed E-state index contributed by atoms with van der Waals surface area (Å²) in [4.78, 5) is 14.0. The molecule has 1 aromatic heterocycles. The molecule has 1 aromatic rings. The van der Waals surface area contributed by atoms with Gasteiger partial charge in [0.15, 0.2) is 0 Å². The van der Waals surface area contributed by atoms with Crippen molar-refractivity contribution in [3.05, 3.63) is 17.3 Å². The summed E-state index contributed by atoms with van der Waals surface area (Å²) in [6.07, 6.45) is 0.623. The summed E-state index contributed by atoms with van der Waals surface area (Å²) < 4.78 is 5.45. The smallest absolute Gasteiger partial charge is 0.410 e. The van der Waals surface area contributed by atoms with E-state index in [-0.39, 0.29) is 6.09 Å². The number of likely N-dealkylation sites (tertiary alicyclic amines) is 1. The van der Waals surface area contributed by atoms with E-state index in [4.69, 9.17) is 10.5 Å². The first-order valence-electron chi connectivity index (χ1n) is 7.75. The maximum atomic E-state index is 12.2. The molecule has 0 aliphatic carbocycles. The molecule has 1 fully saturated rings. The maximum Gasteiger partial charge on any atom is 0.410 e. The van der Waals surface area contributed by atoms with Gasteiger partial charge in [-0.3, -0.25) is 0 Å². The number of nitrogen functional groups attached to an aromatic ring is 1. The minimum Gasteiger partial charge on any atom is -0.444 e. The van der Waals surface area contributed by atoms with Crippen LogP contribution in [-0.4, -0.2) is 39.9 Å². The summed E-state index contributed by atoms with van der Waals surface area (Å²) >= 11 is 0. The molecule has 0 spiro atoms. The van der Waals surface area contributed by atoms with Crippen molar-refractivity contribution in [3.8, 4) is 0 Å². The number of hydrogen-bond acceptors (Lipinski definition) is 5. The summed E-state index contributed by atoms with van der Waals surface area (Å²) in [7, 11) is 0. The Morgan fingerprint density at radius 3 is 2.64 bits per heavy atom. The SMILES string of the molecule is Cc1cc(N)nnc1[C@@H]1CCN(C(=O)OC(C)(C)C)C[C@@H]1C. The van der Waals surface area contributed by atoms with Gasteiger partial charge in [-0.15, -0.1) is 5.10 Å². The van der Waals surface area contributed by atoms with Gasteiger partial charge in [0.1, 0.15) is 11.4 Å². The normalized spacial score (nSPS) is 22.5. The number of amides is 1. The minimum atomic E-state index is -0.462. The Morgan fingerprint density at radius 2 is 2.09 bits per heavy atom. The molecular formula is C16H26N4O2. The van der Waals surface area contributed by atoms with Crippen LogP contribution in [0.4, 0.5) is 10.6 Å². The number of piperidine rings is 1. The van der Waals surface area contributed by atoms with Crippen molar-refractivity contribution in [1.29, 1.82) is 0 Å². The average molecular weight is 306 g/mol. The van der Waals surface area contributed by atoms with Crippen molar-refractivity contribution < 1.29 is 9.53 Å². The zero-order valence-corrected chi connectivity index (χ0v) is 14.1. The van der Waals surface area contributed by atoms with Gasteiger partial charge < -0.3 is 15.4 Å². The van der Waals surface area contributed by atoms with Gasteiger partial charge >= 0.3 is 6.09 Å². The molecule has 0 radical (unpaired) electrons. The number of carbonyl (C=O) groups is 1. The van der Waals surface area contributed by atoms with Crippen molar-refractivity contribution in [3.63, 3.8) is 0 Å². The molecule has 6 nitrogen and oxygen atoms in total. The van der Waals surface area contributed by atoms with E-state index in [1.165, 1.54) is 0 Å². The average Bonchev–Trinajstić information content (AvgIpc) is 2.37. The van der Waals surface area contributed by atoms with Crippen LogP contribution in [-0.2, 0) is 4.74 Å². The van der Waals surface area contributed by atoms with Crippen molar-refractivity contribution in [1.82, 2.24) is 15.1 Å². The molecule has 1 amide bonds. The zero-order valence-electron chi connectivity index (χ0n) is 14.1. The van der Waals surface area contributed by atoms with Crippen LogP contribution in [0.15, 0.2) is 6.07 Å². The molecule has 22 heavy (non-hydrogen) atoms. The molecular weight excluding hydrogens is 280 g/mol. The number of aryl methyl sites for hydroxylation is 1. The van der Waals surface area contributed by atoms with E-state index in [1.54, 1.807) is 4.90 Å². The Hall–Kier alpha value is -1.85. The molecule has 2 atom stereocenters. The highest BCUT2D eigenvalue weighted by Gasteiger charge is 2.33. The molecule has 2 rings (SSSR count). The van der Waals surface area contributed by atoms with Gasteiger partial charge in [-0.2, -0.15) is 5.10 Å². The Kier molecular flexibility index (Phi) is 4.58. The molecule has 122 valence electrons. The highest BCUT2D eigenvalue weighted by atomic mass is 16.6. The van der Waals surface area contributed by atoms with E-state index >= 15 is 0 Å². The van der Waals surface area contributed by atoms with Crippen LogP contribution in [0.2, 0.25) is 0 Å². The topological polar surface area (TPSA) is 81.3 Å². The zero-order chi connectivity index (χ0) is 16.5. The van der Waals surface area contributed by atoms with Crippen LogP contribution in [0.5, 0.6) is 0 Å². The van der Waals surface area contributed by atoms with E-state index in [9.17, 15) is 4.79 Å². The second-order valence-corrected chi connectivity index (χ2v) is 7.14. The predicted molar refractivity (Wildman–Crippen MR) is 85.5 cm³/mol. The molecule has 1 aliphatic heterocycles. The molecule has 2 N–H and O–H groups in total. The van der Waals surface area contributed by atoms with Crippen LogP contribution in [0.3, 0.4) is 0 Å². The second-order valence-electron chi connectivity index (χ2n) is 7.14. The first-order valence-corrected chi connectivity index (χ1v) is 7.75. The lowest BCUT2D eigenvalue weighted by Crippen LogP contribution is -2.44. The van der Waals surface area contributed by atoms with Crippen molar-refractivity contribution in [2.75, 3.05) is 18.8 Å². The van der Waals surface area contributed by atoms with Gasteiger partial charge in [0.05, 0.1) is 5.69 Å². The summed E-state index contributed by atoms with van der Waals surface area (Å²) in [5.41, 5.74) is 7.26. The standard InChI is InChI=1S/C16H26N4O2/c1-10-8-13(17)18-19-14(10)12-6-7-20(9-11(12)2)15(21)22-16(3,4)5/h8,11-12H,6-7,9H2,1-5H3,(H2,17,18)/t11-,12+/m0/s1. The predicted octanol–water partition coefficient (Wildman–Crippen LogP) is 2.73. The van der Waals surface area contributed by atoms with Gasteiger partial charge in [0.2, 0.25) is 0 Å². The molecule has 0 saturated carbocycles. The fourth-order valence-corrected chi connectivity index (χ4v) is 2.93. The number of hydrogen-bond donors (Lipinski definition) is 1. The van der Waals surface area contributed by atoms with Crippen LogP contribution in [0.25, 0.3) is 0 Å². The molecule has 0 unspecified atom stereocenters. The first-order chi connectivity index (χ1) is 10.2.